The third-order valence-corrected chi connectivity index (χ3v) is 4.09. The second-order valence-electron chi connectivity index (χ2n) is 6.51. The average Bonchev–Trinajstić information content (AvgIpc) is 2.37. The summed E-state index contributed by atoms with van der Waals surface area (Å²) >= 11 is 0. The first-order valence-corrected chi connectivity index (χ1v) is 7.32. The van der Waals surface area contributed by atoms with E-state index in [2.05, 4.69) is 23.9 Å². The molecule has 0 saturated heterocycles. The van der Waals surface area contributed by atoms with Crippen LogP contribution in [-0.4, -0.2) is 12.4 Å². The van der Waals surface area contributed by atoms with Gasteiger partial charge in [-0.3, -0.25) is 0 Å². The minimum atomic E-state index is -4.63. The molecule has 0 aromatic heterocycles. The highest BCUT2D eigenvalue weighted by Gasteiger charge is 2.31. The fourth-order valence-corrected chi connectivity index (χ4v) is 2.67. The Morgan fingerprint density at radius 3 is 2.24 bits per heavy atom. The summed E-state index contributed by atoms with van der Waals surface area (Å²) in [7, 11) is 0. The number of hydrogen-bond donors (Lipinski definition) is 1. The minimum Gasteiger partial charge on any atom is -0.406 e. The minimum absolute atomic E-state index is 0.175. The number of hydrogen-bond acceptors (Lipinski definition) is 2. The van der Waals surface area contributed by atoms with Crippen LogP contribution in [0.4, 0.5) is 13.2 Å². The molecule has 1 saturated carbocycles. The van der Waals surface area contributed by atoms with Crippen LogP contribution in [0.3, 0.4) is 0 Å². The average molecular weight is 301 g/mol. The molecule has 1 aliphatic carbocycles. The van der Waals surface area contributed by atoms with Crippen LogP contribution < -0.4 is 10.1 Å². The van der Waals surface area contributed by atoms with Crippen molar-refractivity contribution in [1.82, 2.24) is 5.32 Å². The van der Waals surface area contributed by atoms with E-state index in [1.54, 1.807) is 12.1 Å². The molecule has 5 heteroatoms. The topological polar surface area (TPSA) is 21.3 Å². The second-order valence-corrected chi connectivity index (χ2v) is 6.51. The van der Waals surface area contributed by atoms with Crippen LogP contribution in [0.5, 0.6) is 5.75 Å². The molecule has 1 N–H and O–H groups in total. The lowest BCUT2D eigenvalue weighted by Crippen LogP contribution is -2.35. The van der Waals surface area contributed by atoms with E-state index < -0.39 is 6.36 Å². The molecule has 21 heavy (non-hydrogen) atoms. The Morgan fingerprint density at radius 1 is 1.14 bits per heavy atom. The van der Waals surface area contributed by atoms with Crippen LogP contribution >= 0.6 is 0 Å². The van der Waals surface area contributed by atoms with Gasteiger partial charge in [0.2, 0.25) is 0 Å². The van der Waals surface area contributed by atoms with Crippen molar-refractivity contribution in [3.05, 3.63) is 29.8 Å². The van der Waals surface area contributed by atoms with Gasteiger partial charge in [0.1, 0.15) is 5.75 Å². The van der Waals surface area contributed by atoms with Crippen molar-refractivity contribution in [3.8, 4) is 5.75 Å². The van der Waals surface area contributed by atoms with Crippen molar-refractivity contribution in [2.75, 3.05) is 0 Å². The van der Waals surface area contributed by atoms with Gasteiger partial charge in [0, 0.05) is 12.6 Å². The van der Waals surface area contributed by atoms with Crippen LogP contribution in [-0.2, 0) is 6.54 Å². The molecule has 0 amide bonds. The van der Waals surface area contributed by atoms with Crippen molar-refractivity contribution in [2.24, 2.45) is 5.41 Å². The number of ether oxygens (including phenoxy) is 1. The van der Waals surface area contributed by atoms with Crippen molar-refractivity contribution in [3.63, 3.8) is 0 Å². The zero-order chi connectivity index (χ0) is 15.5. The Balaban J connectivity index is 1.79. The molecule has 2 nitrogen and oxygen atoms in total. The lowest BCUT2D eigenvalue weighted by Gasteiger charge is -2.34. The molecule has 0 spiro atoms. The summed E-state index contributed by atoms with van der Waals surface area (Å²) in [6.07, 6.45) is 0.102. The van der Waals surface area contributed by atoms with Gasteiger partial charge < -0.3 is 10.1 Å². The van der Waals surface area contributed by atoms with Crippen molar-refractivity contribution in [2.45, 2.75) is 58.5 Å². The molecule has 0 bridgehead atoms. The van der Waals surface area contributed by atoms with Gasteiger partial charge in [-0.15, -0.1) is 13.2 Å². The summed E-state index contributed by atoms with van der Waals surface area (Å²) in [5.74, 6) is -0.175. The predicted octanol–water partition coefficient (Wildman–Crippen LogP) is 4.64. The fraction of sp³-hybridized carbons (Fsp3) is 0.625. The monoisotopic (exact) mass is 301 g/mol. The van der Waals surface area contributed by atoms with Crippen molar-refractivity contribution < 1.29 is 17.9 Å². The van der Waals surface area contributed by atoms with E-state index in [0.717, 1.165) is 18.4 Å². The molecule has 1 aromatic rings. The standard InChI is InChI=1S/C16H22F3NO/c1-15(2)9-7-13(8-10-15)20-11-12-3-5-14(6-4-12)21-16(17,18)19/h3-6,13,20H,7-11H2,1-2H3. The highest BCUT2D eigenvalue weighted by atomic mass is 19.4. The highest BCUT2D eigenvalue weighted by molar-refractivity contribution is 5.27. The summed E-state index contributed by atoms with van der Waals surface area (Å²) in [5.41, 5.74) is 1.41. The zero-order valence-electron chi connectivity index (χ0n) is 12.5. The Labute approximate surface area is 123 Å². The Hall–Kier alpha value is -1.23. The summed E-state index contributed by atoms with van der Waals surface area (Å²) in [4.78, 5) is 0. The lowest BCUT2D eigenvalue weighted by atomic mass is 9.75. The first kappa shape index (κ1) is 16.1. The maximum absolute atomic E-state index is 12.1. The third kappa shape index (κ3) is 5.58. The maximum Gasteiger partial charge on any atom is 0.573 e. The second kappa shape index (κ2) is 6.26. The fourth-order valence-electron chi connectivity index (χ4n) is 2.67. The van der Waals surface area contributed by atoms with E-state index in [0.29, 0.717) is 18.0 Å². The first-order valence-electron chi connectivity index (χ1n) is 7.32. The van der Waals surface area contributed by atoms with Gasteiger partial charge in [-0.25, -0.2) is 0 Å². The quantitative estimate of drug-likeness (QED) is 0.874. The number of nitrogens with one attached hydrogen (secondary N) is 1. The van der Waals surface area contributed by atoms with E-state index in [1.807, 2.05) is 0 Å². The van der Waals surface area contributed by atoms with Gasteiger partial charge in [-0.05, 0) is 48.8 Å². The number of halogens is 3. The van der Waals surface area contributed by atoms with E-state index in [-0.39, 0.29) is 5.75 Å². The van der Waals surface area contributed by atoms with Gasteiger partial charge in [-0.2, -0.15) is 0 Å². The van der Waals surface area contributed by atoms with Crippen molar-refractivity contribution in [1.29, 1.82) is 0 Å². The number of rotatable bonds is 4. The van der Waals surface area contributed by atoms with Gasteiger partial charge in [0.25, 0.3) is 0 Å². The van der Waals surface area contributed by atoms with Gasteiger partial charge in [0.05, 0.1) is 0 Å². The molecule has 0 unspecified atom stereocenters. The highest BCUT2D eigenvalue weighted by Crippen LogP contribution is 2.35. The normalized spacial score (nSPS) is 19.5. The number of benzene rings is 1. The Kier molecular flexibility index (Phi) is 4.81. The molecule has 2 rings (SSSR count). The molecule has 118 valence electrons. The van der Waals surface area contributed by atoms with E-state index in [1.165, 1.54) is 25.0 Å². The molecule has 1 aromatic carbocycles. The third-order valence-electron chi connectivity index (χ3n) is 4.09. The van der Waals surface area contributed by atoms with Crippen LogP contribution in [0.1, 0.15) is 45.1 Å². The molecular formula is C16H22F3NO. The maximum atomic E-state index is 12.1. The largest absolute Gasteiger partial charge is 0.573 e. The molecule has 0 heterocycles. The van der Waals surface area contributed by atoms with Gasteiger partial charge in [-0.1, -0.05) is 26.0 Å². The molecular weight excluding hydrogens is 279 g/mol. The van der Waals surface area contributed by atoms with E-state index >= 15 is 0 Å². The van der Waals surface area contributed by atoms with Crippen LogP contribution in [0.15, 0.2) is 24.3 Å². The van der Waals surface area contributed by atoms with E-state index in [4.69, 9.17) is 0 Å². The van der Waals surface area contributed by atoms with Gasteiger partial charge >= 0.3 is 6.36 Å². The zero-order valence-corrected chi connectivity index (χ0v) is 12.5. The lowest BCUT2D eigenvalue weighted by molar-refractivity contribution is -0.274. The SMILES string of the molecule is CC1(C)CCC(NCc2ccc(OC(F)(F)F)cc2)CC1. The summed E-state index contributed by atoms with van der Waals surface area (Å²) in [5, 5.41) is 3.48. The Morgan fingerprint density at radius 2 is 1.71 bits per heavy atom. The van der Waals surface area contributed by atoms with E-state index in [9.17, 15) is 13.2 Å². The summed E-state index contributed by atoms with van der Waals surface area (Å²) in [6, 6.07) is 6.55. The summed E-state index contributed by atoms with van der Waals surface area (Å²) < 4.78 is 40.0. The van der Waals surface area contributed by atoms with Crippen LogP contribution in [0.25, 0.3) is 0 Å². The molecule has 0 radical (unpaired) electrons. The van der Waals surface area contributed by atoms with Crippen LogP contribution in [0, 0.1) is 5.41 Å². The van der Waals surface area contributed by atoms with Crippen LogP contribution in [0.2, 0.25) is 0 Å². The molecule has 1 aliphatic rings. The molecule has 0 aliphatic heterocycles. The Bertz CT molecular complexity index is 444. The van der Waals surface area contributed by atoms with Gasteiger partial charge in [0.15, 0.2) is 0 Å². The predicted molar refractivity (Wildman–Crippen MR) is 76.0 cm³/mol. The first-order chi connectivity index (χ1) is 9.73. The van der Waals surface area contributed by atoms with Crippen molar-refractivity contribution >= 4 is 0 Å². The molecule has 0 atom stereocenters. The smallest absolute Gasteiger partial charge is 0.406 e. The molecule has 1 fully saturated rings. The summed E-state index contributed by atoms with van der Waals surface area (Å²) in [6.45, 7) is 5.27. The number of alkyl halides is 3.